The van der Waals surface area contributed by atoms with Crippen LogP contribution in [-0.2, 0) is 27.4 Å². The second kappa shape index (κ2) is 7.12. The Balaban J connectivity index is 1.50. The van der Waals surface area contributed by atoms with E-state index < -0.39 is 5.97 Å². The van der Waals surface area contributed by atoms with Crippen molar-refractivity contribution in [3.05, 3.63) is 59.4 Å². The van der Waals surface area contributed by atoms with E-state index in [1.54, 1.807) is 30.3 Å². The summed E-state index contributed by atoms with van der Waals surface area (Å²) in [5.41, 5.74) is 2.32. The molecule has 0 atom stereocenters. The molecule has 2 aromatic carbocycles. The first-order chi connectivity index (χ1) is 11.6. The van der Waals surface area contributed by atoms with Gasteiger partial charge in [0.15, 0.2) is 6.61 Å². The molecule has 0 saturated carbocycles. The van der Waals surface area contributed by atoms with Gasteiger partial charge in [0.1, 0.15) is 18.2 Å². The van der Waals surface area contributed by atoms with Crippen LogP contribution in [0, 0.1) is 5.82 Å². The van der Waals surface area contributed by atoms with Crippen LogP contribution in [0.3, 0.4) is 0 Å². The number of hydrogen-bond acceptors (Lipinski definition) is 4. The first kappa shape index (κ1) is 16.0. The Morgan fingerprint density at radius 3 is 2.88 bits per heavy atom. The monoisotopic (exact) mass is 329 g/mol. The normalized spacial score (nSPS) is 13.0. The quantitative estimate of drug-likeness (QED) is 0.857. The molecule has 124 valence electrons. The van der Waals surface area contributed by atoms with E-state index in [1.807, 2.05) is 0 Å². The molecule has 6 heteroatoms. The number of rotatable bonds is 5. The molecule has 0 aliphatic carbocycles. The third-order valence-electron chi connectivity index (χ3n) is 3.62. The molecular weight excluding hydrogens is 313 g/mol. The molecule has 0 bridgehead atoms. The maximum atomic E-state index is 13.0. The number of carbonyl (C=O) groups is 2. The van der Waals surface area contributed by atoms with E-state index in [1.165, 1.54) is 12.1 Å². The Hall–Kier alpha value is -2.89. The van der Waals surface area contributed by atoms with Crippen LogP contribution in [0.15, 0.2) is 42.5 Å². The Morgan fingerprint density at radius 2 is 2.04 bits per heavy atom. The zero-order valence-corrected chi connectivity index (χ0v) is 12.9. The van der Waals surface area contributed by atoms with Gasteiger partial charge in [0.25, 0.3) is 0 Å². The number of carbonyl (C=O) groups excluding carboxylic acids is 2. The molecule has 1 N–H and O–H groups in total. The summed E-state index contributed by atoms with van der Waals surface area (Å²) in [6.07, 6.45) is 1.08. The minimum atomic E-state index is -0.537. The number of halogens is 1. The highest BCUT2D eigenvalue weighted by Crippen LogP contribution is 2.26. The van der Waals surface area contributed by atoms with Crippen LogP contribution in [0.5, 0.6) is 5.75 Å². The molecule has 1 aliphatic rings. The molecule has 0 spiro atoms. The van der Waals surface area contributed by atoms with Crippen molar-refractivity contribution in [2.45, 2.75) is 19.4 Å². The highest BCUT2D eigenvalue weighted by atomic mass is 19.1. The molecule has 1 aliphatic heterocycles. The third kappa shape index (κ3) is 4.10. The molecular formula is C18H16FNO4. The van der Waals surface area contributed by atoms with Gasteiger partial charge >= 0.3 is 5.97 Å². The van der Waals surface area contributed by atoms with Gasteiger partial charge in [-0.05, 0) is 47.9 Å². The lowest BCUT2D eigenvalue weighted by Crippen LogP contribution is -2.19. The Bertz CT molecular complexity index is 775. The summed E-state index contributed by atoms with van der Waals surface area (Å²) in [4.78, 5) is 23.0. The summed E-state index contributed by atoms with van der Waals surface area (Å²) in [6.45, 7) is -0.239. The highest BCUT2D eigenvalue weighted by Gasteiger charge is 2.15. The van der Waals surface area contributed by atoms with Crippen molar-refractivity contribution in [2.24, 2.45) is 0 Å². The number of hydrogen-bond donors (Lipinski definition) is 1. The highest BCUT2D eigenvalue weighted by molar-refractivity contribution is 5.94. The van der Waals surface area contributed by atoms with E-state index in [0.717, 1.165) is 11.3 Å². The Labute approximate surface area is 138 Å². The van der Waals surface area contributed by atoms with Crippen LogP contribution >= 0.6 is 0 Å². The van der Waals surface area contributed by atoms with E-state index in [-0.39, 0.29) is 24.9 Å². The van der Waals surface area contributed by atoms with Crippen molar-refractivity contribution in [1.29, 1.82) is 0 Å². The van der Waals surface area contributed by atoms with Crippen LogP contribution in [0.4, 0.5) is 10.1 Å². The fraction of sp³-hybridized carbons (Fsp3) is 0.222. The minimum Gasteiger partial charge on any atom is -0.482 e. The van der Waals surface area contributed by atoms with Gasteiger partial charge in [0.2, 0.25) is 5.91 Å². The molecule has 1 amide bonds. The van der Waals surface area contributed by atoms with Crippen molar-refractivity contribution < 1.29 is 23.5 Å². The Morgan fingerprint density at radius 1 is 1.17 bits per heavy atom. The third-order valence-corrected chi connectivity index (χ3v) is 3.62. The predicted octanol–water partition coefficient (Wildman–Crippen LogP) is 2.83. The first-order valence-electron chi connectivity index (χ1n) is 7.56. The SMILES string of the molecule is O=C1CCc2cc(OCC(=O)OCc3cccc(F)c3)ccc2N1. The fourth-order valence-electron chi connectivity index (χ4n) is 2.42. The number of esters is 1. The summed E-state index contributed by atoms with van der Waals surface area (Å²) in [7, 11) is 0. The molecule has 5 nitrogen and oxygen atoms in total. The maximum absolute atomic E-state index is 13.0. The lowest BCUT2D eigenvalue weighted by molar-refractivity contribution is -0.147. The largest absolute Gasteiger partial charge is 0.482 e. The second-order valence-electron chi connectivity index (χ2n) is 5.45. The van der Waals surface area contributed by atoms with E-state index in [2.05, 4.69) is 5.32 Å². The van der Waals surface area contributed by atoms with Crippen LogP contribution in [0.25, 0.3) is 0 Å². The van der Waals surface area contributed by atoms with Crippen molar-refractivity contribution in [1.82, 2.24) is 0 Å². The zero-order valence-electron chi connectivity index (χ0n) is 12.9. The van der Waals surface area contributed by atoms with Crippen molar-refractivity contribution in [2.75, 3.05) is 11.9 Å². The van der Waals surface area contributed by atoms with Crippen LogP contribution in [-0.4, -0.2) is 18.5 Å². The van der Waals surface area contributed by atoms with Gasteiger partial charge in [-0.1, -0.05) is 12.1 Å². The van der Waals surface area contributed by atoms with Crippen LogP contribution in [0.1, 0.15) is 17.5 Å². The number of aryl methyl sites for hydroxylation is 1. The van der Waals surface area contributed by atoms with E-state index in [4.69, 9.17) is 9.47 Å². The summed E-state index contributed by atoms with van der Waals surface area (Å²) >= 11 is 0. The van der Waals surface area contributed by atoms with E-state index in [9.17, 15) is 14.0 Å². The molecule has 3 rings (SSSR count). The summed E-state index contributed by atoms with van der Waals surface area (Å²) in [5.74, 6) is -0.379. The minimum absolute atomic E-state index is 0.00269. The molecule has 0 fully saturated rings. The standard InChI is InChI=1S/C18H16FNO4/c19-14-3-1-2-12(8-14)10-24-18(22)11-23-15-5-6-16-13(9-15)4-7-17(21)20-16/h1-3,5-6,8-9H,4,7,10-11H2,(H,20,21). The molecule has 1 heterocycles. The van der Waals surface area contributed by atoms with Gasteiger partial charge in [-0.25, -0.2) is 9.18 Å². The molecule has 0 unspecified atom stereocenters. The maximum Gasteiger partial charge on any atom is 0.344 e. The molecule has 24 heavy (non-hydrogen) atoms. The number of anilines is 1. The number of amides is 1. The van der Waals surface area contributed by atoms with Gasteiger partial charge in [0.05, 0.1) is 0 Å². The average Bonchev–Trinajstić information content (AvgIpc) is 2.58. The molecule has 0 saturated heterocycles. The summed E-state index contributed by atoms with van der Waals surface area (Å²) < 4.78 is 23.5. The van der Waals surface area contributed by atoms with Crippen molar-refractivity contribution in [3.8, 4) is 5.75 Å². The van der Waals surface area contributed by atoms with Gasteiger partial charge in [-0.2, -0.15) is 0 Å². The second-order valence-corrected chi connectivity index (χ2v) is 5.45. The predicted molar refractivity (Wildman–Crippen MR) is 85.1 cm³/mol. The van der Waals surface area contributed by atoms with Crippen LogP contribution in [0.2, 0.25) is 0 Å². The number of benzene rings is 2. The smallest absolute Gasteiger partial charge is 0.344 e. The van der Waals surface area contributed by atoms with Gasteiger partial charge in [0, 0.05) is 12.1 Å². The number of nitrogens with one attached hydrogen (secondary N) is 1. The first-order valence-corrected chi connectivity index (χ1v) is 7.56. The van der Waals surface area contributed by atoms with E-state index in [0.29, 0.717) is 24.2 Å². The molecule has 0 radical (unpaired) electrons. The van der Waals surface area contributed by atoms with Crippen LogP contribution < -0.4 is 10.1 Å². The number of fused-ring (bicyclic) bond motifs is 1. The Kier molecular flexibility index (Phi) is 4.74. The van der Waals surface area contributed by atoms with Gasteiger partial charge in [-0.3, -0.25) is 4.79 Å². The zero-order chi connectivity index (χ0) is 16.9. The van der Waals surface area contributed by atoms with Gasteiger partial charge in [-0.15, -0.1) is 0 Å². The van der Waals surface area contributed by atoms with E-state index >= 15 is 0 Å². The summed E-state index contributed by atoms with van der Waals surface area (Å²) in [6, 6.07) is 11.1. The summed E-state index contributed by atoms with van der Waals surface area (Å²) in [5, 5.41) is 2.78. The topological polar surface area (TPSA) is 64.6 Å². The van der Waals surface area contributed by atoms with Crippen molar-refractivity contribution in [3.63, 3.8) is 0 Å². The average molecular weight is 329 g/mol. The lowest BCUT2D eigenvalue weighted by Gasteiger charge is -2.17. The lowest BCUT2D eigenvalue weighted by atomic mass is 10.0. The van der Waals surface area contributed by atoms with Gasteiger partial charge < -0.3 is 14.8 Å². The molecule has 2 aromatic rings. The number of ether oxygens (including phenoxy) is 2. The fourth-order valence-corrected chi connectivity index (χ4v) is 2.42. The molecule has 0 aromatic heterocycles. The van der Waals surface area contributed by atoms with Crippen molar-refractivity contribution >= 4 is 17.6 Å².